The Labute approximate surface area is 153 Å². The molecule has 0 N–H and O–H groups in total. The summed E-state index contributed by atoms with van der Waals surface area (Å²) >= 11 is 13.1. The van der Waals surface area contributed by atoms with E-state index in [0.29, 0.717) is 33.1 Å². The van der Waals surface area contributed by atoms with E-state index in [9.17, 15) is 4.79 Å². The van der Waals surface area contributed by atoms with Crippen LogP contribution in [0.15, 0.2) is 58.2 Å². The van der Waals surface area contributed by atoms with Gasteiger partial charge in [0, 0.05) is 10.6 Å². The van der Waals surface area contributed by atoms with Gasteiger partial charge in [-0.1, -0.05) is 65.3 Å². The zero-order valence-electron chi connectivity index (χ0n) is 12.4. The second-order valence-electron chi connectivity index (χ2n) is 4.96. The summed E-state index contributed by atoms with van der Waals surface area (Å²) in [6.07, 6.45) is 0.561. The first kappa shape index (κ1) is 17.0. The molecular weight excluding hydrogens is 367 g/mol. The minimum absolute atomic E-state index is 0.121. The first-order chi connectivity index (χ1) is 11.6. The molecule has 0 saturated carbocycles. The Bertz CT molecular complexity index is 853. The number of benzene rings is 2. The molecule has 3 rings (SSSR count). The smallest absolute Gasteiger partial charge is 0.277 e. The van der Waals surface area contributed by atoms with Crippen LogP contribution < -0.4 is 0 Å². The van der Waals surface area contributed by atoms with E-state index in [-0.39, 0.29) is 11.5 Å². The van der Waals surface area contributed by atoms with E-state index < -0.39 is 0 Å². The number of aromatic nitrogens is 2. The molecule has 1 heterocycles. The second-order valence-corrected chi connectivity index (χ2v) is 6.73. The zero-order chi connectivity index (χ0) is 16.9. The third-order valence-corrected chi connectivity index (χ3v) is 4.57. The molecule has 0 fully saturated rings. The molecular formula is C17H12Cl2N2O2S. The predicted molar refractivity (Wildman–Crippen MR) is 95.1 cm³/mol. The van der Waals surface area contributed by atoms with Gasteiger partial charge in [0.2, 0.25) is 5.89 Å². The number of hydrogen-bond acceptors (Lipinski definition) is 5. The van der Waals surface area contributed by atoms with Crippen molar-refractivity contribution in [2.24, 2.45) is 0 Å². The standard InChI is InChI=1S/C17H12Cl2N2O2S/c18-12-6-7-13(14(19)9-12)15(22)10-24-17-21-20-16(23-17)8-11-4-2-1-3-5-11/h1-7,9H,8,10H2. The van der Waals surface area contributed by atoms with E-state index in [2.05, 4.69) is 10.2 Å². The molecule has 0 radical (unpaired) electrons. The Morgan fingerprint density at radius 2 is 1.88 bits per heavy atom. The number of carbonyl (C=O) groups is 1. The van der Waals surface area contributed by atoms with E-state index in [1.165, 1.54) is 11.8 Å². The molecule has 7 heteroatoms. The number of Topliss-reactive ketones (excluding diaryl/α,β-unsaturated/α-hetero) is 1. The van der Waals surface area contributed by atoms with Crippen LogP contribution >= 0.6 is 35.0 Å². The average Bonchev–Trinajstić information content (AvgIpc) is 3.01. The highest BCUT2D eigenvalue weighted by Gasteiger charge is 2.14. The van der Waals surface area contributed by atoms with Crippen molar-refractivity contribution < 1.29 is 9.21 Å². The lowest BCUT2D eigenvalue weighted by Gasteiger charge is -2.02. The first-order valence-corrected chi connectivity index (χ1v) is 8.83. The number of thioether (sulfide) groups is 1. The van der Waals surface area contributed by atoms with Crippen molar-refractivity contribution in [3.05, 3.63) is 75.6 Å². The molecule has 24 heavy (non-hydrogen) atoms. The van der Waals surface area contributed by atoms with Crippen molar-refractivity contribution in [3.8, 4) is 0 Å². The monoisotopic (exact) mass is 378 g/mol. The van der Waals surface area contributed by atoms with Crippen LogP contribution in [0.4, 0.5) is 0 Å². The summed E-state index contributed by atoms with van der Waals surface area (Å²) in [6, 6.07) is 14.6. The lowest BCUT2D eigenvalue weighted by molar-refractivity contribution is 0.102. The van der Waals surface area contributed by atoms with Gasteiger partial charge in [-0.3, -0.25) is 4.79 Å². The molecule has 0 amide bonds. The van der Waals surface area contributed by atoms with Gasteiger partial charge < -0.3 is 4.42 Å². The first-order valence-electron chi connectivity index (χ1n) is 7.09. The van der Waals surface area contributed by atoms with Gasteiger partial charge in [0.05, 0.1) is 17.2 Å². The summed E-state index contributed by atoms with van der Waals surface area (Å²) in [4.78, 5) is 12.2. The van der Waals surface area contributed by atoms with Gasteiger partial charge in [0.25, 0.3) is 5.22 Å². The molecule has 0 aliphatic heterocycles. The highest BCUT2D eigenvalue weighted by atomic mass is 35.5. The molecule has 0 aliphatic rings. The van der Waals surface area contributed by atoms with Gasteiger partial charge in [-0.05, 0) is 23.8 Å². The van der Waals surface area contributed by atoms with Crippen LogP contribution in [0.5, 0.6) is 0 Å². The van der Waals surface area contributed by atoms with E-state index >= 15 is 0 Å². The maximum absolute atomic E-state index is 12.2. The summed E-state index contributed by atoms with van der Waals surface area (Å²) in [7, 11) is 0. The molecule has 0 bridgehead atoms. The number of halogens is 2. The van der Waals surface area contributed by atoms with Crippen molar-refractivity contribution in [1.82, 2.24) is 10.2 Å². The Balaban J connectivity index is 1.60. The van der Waals surface area contributed by atoms with Gasteiger partial charge in [0.1, 0.15) is 0 Å². The largest absolute Gasteiger partial charge is 0.416 e. The summed E-state index contributed by atoms with van der Waals surface area (Å²) in [6.45, 7) is 0. The number of rotatable bonds is 6. The third-order valence-electron chi connectivity index (χ3n) is 3.20. The molecule has 0 atom stereocenters. The van der Waals surface area contributed by atoms with Crippen LogP contribution in [0, 0.1) is 0 Å². The Morgan fingerprint density at radius 1 is 1.08 bits per heavy atom. The topological polar surface area (TPSA) is 56.0 Å². The van der Waals surface area contributed by atoms with Crippen LogP contribution in [-0.2, 0) is 6.42 Å². The Hall–Kier alpha value is -1.82. The van der Waals surface area contributed by atoms with Gasteiger partial charge in [-0.2, -0.15) is 0 Å². The molecule has 0 spiro atoms. The Kier molecular flexibility index (Phi) is 5.56. The third kappa shape index (κ3) is 4.38. The maximum atomic E-state index is 12.2. The minimum atomic E-state index is -0.121. The van der Waals surface area contributed by atoms with Crippen molar-refractivity contribution in [2.75, 3.05) is 5.75 Å². The second kappa shape index (κ2) is 7.83. The molecule has 0 saturated heterocycles. The molecule has 122 valence electrons. The molecule has 3 aromatic rings. The van der Waals surface area contributed by atoms with Crippen LogP contribution in [0.2, 0.25) is 10.0 Å². The van der Waals surface area contributed by atoms with Crippen LogP contribution in [-0.4, -0.2) is 21.7 Å². The van der Waals surface area contributed by atoms with Crippen molar-refractivity contribution in [2.45, 2.75) is 11.6 Å². The molecule has 0 aliphatic carbocycles. The number of carbonyl (C=O) groups excluding carboxylic acids is 1. The van der Waals surface area contributed by atoms with Crippen molar-refractivity contribution >= 4 is 40.7 Å². The Morgan fingerprint density at radius 3 is 2.62 bits per heavy atom. The van der Waals surface area contributed by atoms with Gasteiger partial charge in [0.15, 0.2) is 5.78 Å². The van der Waals surface area contributed by atoms with Gasteiger partial charge >= 0.3 is 0 Å². The number of hydrogen-bond donors (Lipinski definition) is 0. The van der Waals surface area contributed by atoms with Crippen molar-refractivity contribution in [3.63, 3.8) is 0 Å². The zero-order valence-corrected chi connectivity index (χ0v) is 14.7. The number of ketones is 1. The predicted octanol–water partition coefficient (Wildman–Crippen LogP) is 4.94. The fraction of sp³-hybridized carbons (Fsp3) is 0.118. The normalized spacial score (nSPS) is 10.8. The molecule has 0 unspecified atom stereocenters. The van der Waals surface area contributed by atoms with Gasteiger partial charge in [-0.15, -0.1) is 10.2 Å². The fourth-order valence-electron chi connectivity index (χ4n) is 2.06. The SMILES string of the molecule is O=C(CSc1nnc(Cc2ccccc2)o1)c1ccc(Cl)cc1Cl. The van der Waals surface area contributed by atoms with E-state index in [1.54, 1.807) is 18.2 Å². The fourth-order valence-corrected chi connectivity index (χ4v) is 3.24. The molecule has 4 nitrogen and oxygen atoms in total. The van der Waals surface area contributed by atoms with Crippen LogP contribution in [0.3, 0.4) is 0 Å². The summed E-state index contributed by atoms with van der Waals surface area (Å²) < 4.78 is 5.56. The van der Waals surface area contributed by atoms with E-state index in [4.69, 9.17) is 27.6 Å². The lowest BCUT2D eigenvalue weighted by Crippen LogP contribution is -2.03. The van der Waals surface area contributed by atoms with Gasteiger partial charge in [-0.25, -0.2) is 0 Å². The van der Waals surface area contributed by atoms with Crippen LogP contribution in [0.25, 0.3) is 0 Å². The maximum Gasteiger partial charge on any atom is 0.277 e. The summed E-state index contributed by atoms with van der Waals surface area (Å²) in [5.41, 5.74) is 1.51. The lowest BCUT2D eigenvalue weighted by atomic mass is 10.1. The molecule has 1 aromatic heterocycles. The highest BCUT2D eigenvalue weighted by molar-refractivity contribution is 7.99. The number of nitrogens with zero attached hydrogens (tertiary/aromatic N) is 2. The average molecular weight is 379 g/mol. The van der Waals surface area contributed by atoms with E-state index in [1.807, 2.05) is 30.3 Å². The van der Waals surface area contributed by atoms with Crippen molar-refractivity contribution in [1.29, 1.82) is 0 Å². The molecule has 2 aromatic carbocycles. The quantitative estimate of drug-likeness (QED) is 0.448. The van der Waals surface area contributed by atoms with E-state index in [0.717, 1.165) is 5.56 Å². The highest BCUT2D eigenvalue weighted by Crippen LogP contribution is 2.24. The van der Waals surface area contributed by atoms with Crippen LogP contribution in [0.1, 0.15) is 21.8 Å². The summed E-state index contributed by atoms with van der Waals surface area (Å²) in [5, 5.41) is 9.14. The summed E-state index contributed by atoms with van der Waals surface area (Å²) in [5.74, 6) is 0.555. The minimum Gasteiger partial charge on any atom is -0.416 e.